The number of ether oxygens (including phenoxy) is 1. The van der Waals surface area contributed by atoms with Crippen molar-refractivity contribution in [2.45, 2.75) is 19.4 Å². The van der Waals surface area contributed by atoms with Gasteiger partial charge in [-0.05, 0) is 26.6 Å². The SMILES string of the molecule is CCNC(CCN(C)CCOC)C(N)=O. The van der Waals surface area contributed by atoms with Crippen molar-refractivity contribution in [1.29, 1.82) is 0 Å². The summed E-state index contributed by atoms with van der Waals surface area (Å²) >= 11 is 0. The van der Waals surface area contributed by atoms with E-state index in [4.69, 9.17) is 10.5 Å². The minimum Gasteiger partial charge on any atom is -0.383 e. The lowest BCUT2D eigenvalue weighted by Crippen LogP contribution is -2.43. The van der Waals surface area contributed by atoms with Gasteiger partial charge >= 0.3 is 0 Å². The topological polar surface area (TPSA) is 67.6 Å². The minimum atomic E-state index is -0.281. The minimum absolute atomic E-state index is 0.222. The second-order valence-electron chi connectivity index (χ2n) is 3.60. The summed E-state index contributed by atoms with van der Waals surface area (Å²) in [5.41, 5.74) is 5.26. The van der Waals surface area contributed by atoms with Gasteiger partial charge < -0.3 is 20.7 Å². The predicted molar refractivity (Wildman–Crippen MR) is 60.6 cm³/mol. The molecule has 0 aromatic heterocycles. The molecule has 0 aromatic carbocycles. The Bertz CT molecular complexity index is 176. The standard InChI is InChI=1S/C10H23N3O2/c1-4-12-9(10(11)14)5-6-13(2)7-8-15-3/h9,12H,4-8H2,1-3H3,(H2,11,14). The molecule has 0 radical (unpaired) electrons. The fraction of sp³-hybridized carbons (Fsp3) is 0.900. The first-order chi connectivity index (χ1) is 7.11. The zero-order chi connectivity index (χ0) is 11.7. The number of carbonyl (C=O) groups is 1. The highest BCUT2D eigenvalue weighted by molar-refractivity contribution is 5.79. The van der Waals surface area contributed by atoms with Crippen LogP contribution in [0, 0.1) is 0 Å². The van der Waals surface area contributed by atoms with Gasteiger partial charge in [-0.25, -0.2) is 0 Å². The van der Waals surface area contributed by atoms with Crippen LogP contribution in [0.15, 0.2) is 0 Å². The van der Waals surface area contributed by atoms with Crippen LogP contribution in [0.2, 0.25) is 0 Å². The number of nitrogens with zero attached hydrogens (tertiary/aromatic N) is 1. The van der Waals surface area contributed by atoms with Gasteiger partial charge in [0.15, 0.2) is 0 Å². The second kappa shape index (κ2) is 8.64. The van der Waals surface area contributed by atoms with Gasteiger partial charge in [0.1, 0.15) is 0 Å². The molecule has 0 bridgehead atoms. The Hall–Kier alpha value is -0.650. The van der Waals surface area contributed by atoms with Crippen LogP contribution in [0.4, 0.5) is 0 Å². The number of rotatable bonds is 9. The van der Waals surface area contributed by atoms with Gasteiger partial charge in [0, 0.05) is 13.7 Å². The summed E-state index contributed by atoms with van der Waals surface area (Å²) in [6, 6.07) is -0.222. The number of nitrogens with two attached hydrogens (primary N) is 1. The Labute approximate surface area is 91.9 Å². The third-order valence-corrected chi connectivity index (χ3v) is 2.27. The molecule has 1 unspecified atom stereocenters. The van der Waals surface area contributed by atoms with Crippen LogP contribution in [0.1, 0.15) is 13.3 Å². The van der Waals surface area contributed by atoms with E-state index in [1.807, 2.05) is 14.0 Å². The number of likely N-dealkylation sites (N-methyl/N-ethyl adjacent to an activating group) is 2. The number of primary amides is 1. The number of carbonyl (C=O) groups excluding carboxylic acids is 1. The molecule has 0 heterocycles. The van der Waals surface area contributed by atoms with Gasteiger partial charge in [-0.15, -0.1) is 0 Å². The average molecular weight is 217 g/mol. The highest BCUT2D eigenvalue weighted by atomic mass is 16.5. The van der Waals surface area contributed by atoms with Crippen molar-refractivity contribution in [1.82, 2.24) is 10.2 Å². The van der Waals surface area contributed by atoms with E-state index in [0.29, 0.717) is 6.61 Å². The van der Waals surface area contributed by atoms with Crippen molar-refractivity contribution in [2.75, 3.05) is 40.4 Å². The Morgan fingerprint density at radius 1 is 1.53 bits per heavy atom. The van der Waals surface area contributed by atoms with Crippen molar-refractivity contribution < 1.29 is 9.53 Å². The third-order valence-electron chi connectivity index (χ3n) is 2.27. The van der Waals surface area contributed by atoms with Crippen molar-refractivity contribution >= 4 is 5.91 Å². The van der Waals surface area contributed by atoms with E-state index in [0.717, 1.165) is 26.1 Å². The molecule has 5 heteroatoms. The summed E-state index contributed by atoms with van der Waals surface area (Å²) in [5.74, 6) is -0.281. The van der Waals surface area contributed by atoms with Gasteiger partial charge in [0.05, 0.1) is 12.6 Å². The summed E-state index contributed by atoms with van der Waals surface area (Å²) in [7, 11) is 3.68. The Morgan fingerprint density at radius 2 is 2.20 bits per heavy atom. The largest absolute Gasteiger partial charge is 0.383 e. The fourth-order valence-electron chi connectivity index (χ4n) is 1.30. The molecule has 0 aliphatic heterocycles. The third kappa shape index (κ3) is 7.30. The van der Waals surface area contributed by atoms with E-state index in [9.17, 15) is 4.79 Å². The smallest absolute Gasteiger partial charge is 0.234 e. The van der Waals surface area contributed by atoms with E-state index in [1.165, 1.54) is 0 Å². The van der Waals surface area contributed by atoms with E-state index in [2.05, 4.69) is 10.2 Å². The monoisotopic (exact) mass is 217 g/mol. The Morgan fingerprint density at radius 3 is 2.67 bits per heavy atom. The van der Waals surface area contributed by atoms with E-state index in [1.54, 1.807) is 7.11 Å². The van der Waals surface area contributed by atoms with Gasteiger partial charge in [-0.3, -0.25) is 4.79 Å². The van der Waals surface area contributed by atoms with Crippen LogP contribution < -0.4 is 11.1 Å². The molecule has 0 aliphatic carbocycles. The molecule has 0 aromatic rings. The normalized spacial score (nSPS) is 13.1. The van der Waals surface area contributed by atoms with Crippen LogP contribution in [0.25, 0.3) is 0 Å². The van der Waals surface area contributed by atoms with Crippen LogP contribution in [0.5, 0.6) is 0 Å². The molecule has 5 nitrogen and oxygen atoms in total. The fourth-order valence-corrected chi connectivity index (χ4v) is 1.30. The molecule has 3 N–H and O–H groups in total. The molecule has 15 heavy (non-hydrogen) atoms. The van der Waals surface area contributed by atoms with Gasteiger partial charge in [-0.2, -0.15) is 0 Å². The van der Waals surface area contributed by atoms with E-state index >= 15 is 0 Å². The lowest BCUT2D eigenvalue weighted by molar-refractivity contribution is -0.120. The zero-order valence-electron chi connectivity index (χ0n) is 9.95. The average Bonchev–Trinajstić information content (AvgIpc) is 2.20. The van der Waals surface area contributed by atoms with Crippen molar-refractivity contribution in [3.8, 4) is 0 Å². The predicted octanol–water partition coefficient (Wildman–Crippen LogP) is -0.582. The molecule has 1 atom stereocenters. The maximum absolute atomic E-state index is 11.0. The molecule has 0 fully saturated rings. The van der Waals surface area contributed by atoms with Gasteiger partial charge in [0.25, 0.3) is 0 Å². The molecule has 0 rings (SSSR count). The van der Waals surface area contributed by atoms with Crippen LogP contribution in [0.3, 0.4) is 0 Å². The highest BCUT2D eigenvalue weighted by Crippen LogP contribution is 1.94. The lowest BCUT2D eigenvalue weighted by Gasteiger charge is -2.19. The maximum Gasteiger partial charge on any atom is 0.234 e. The Kier molecular flexibility index (Phi) is 8.27. The molecule has 90 valence electrons. The Balaban J connectivity index is 3.72. The van der Waals surface area contributed by atoms with Crippen molar-refractivity contribution in [3.05, 3.63) is 0 Å². The van der Waals surface area contributed by atoms with Crippen molar-refractivity contribution in [2.24, 2.45) is 5.73 Å². The first-order valence-electron chi connectivity index (χ1n) is 5.32. The second-order valence-corrected chi connectivity index (χ2v) is 3.60. The van der Waals surface area contributed by atoms with Crippen LogP contribution >= 0.6 is 0 Å². The molecule has 0 saturated heterocycles. The molecule has 0 saturated carbocycles. The highest BCUT2D eigenvalue weighted by Gasteiger charge is 2.13. The molecule has 0 aliphatic rings. The summed E-state index contributed by atoms with van der Waals surface area (Å²) in [6.07, 6.45) is 0.739. The molecule has 1 amide bonds. The lowest BCUT2D eigenvalue weighted by atomic mass is 10.2. The van der Waals surface area contributed by atoms with Gasteiger partial charge in [0.2, 0.25) is 5.91 Å². The van der Waals surface area contributed by atoms with E-state index < -0.39 is 0 Å². The van der Waals surface area contributed by atoms with Crippen molar-refractivity contribution in [3.63, 3.8) is 0 Å². The zero-order valence-corrected chi connectivity index (χ0v) is 9.95. The number of nitrogens with one attached hydrogen (secondary N) is 1. The summed E-state index contributed by atoms with van der Waals surface area (Å²) in [4.78, 5) is 13.2. The first-order valence-corrected chi connectivity index (χ1v) is 5.32. The number of hydrogen-bond acceptors (Lipinski definition) is 4. The summed E-state index contributed by atoms with van der Waals surface area (Å²) < 4.78 is 4.97. The first kappa shape index (κ1) is 14.3. The number of amides is 1. The molecular formula is C10H23N3O2. The van der Waals surface area contributed by atoms with Gasteiger partial charge in [-0.1, -0.05) is 6.92 Å². The number of hydrogen-bond donors (Lipinski definition) is 2. The quantitative estimate of drug-likeness (QED) is 0.542. The summed E-state index contributed by atoms with van der Waals surface area (Å²) in [5, 5.41) is 3.06. The molecular weight excluding hydrogens is 194 g/mol. The molecule has 0 spiro atoms. The number of methoxy groups -OCH3 is 1. The van der Waals surface area contributed by atoms with E-state index in [-0.39, 0.29) is 11.9 Å². The maximum atomic E-state index is 11.0. The van der Waals surface area contributed by atoms with Crippen LogP contribution in [-0.2, 0) is 9.53 Å². The summed E-state index contributed by atoms with van der Waals surface area (Å²) in [6.45, 7) is 5.14. The van der Waals surface area contributed by atoms with Crippen LogP contribution in [-0.4, -0.2) is 57.2 Å².